The van der Waals surface area contributed by atoms with Gasteiger partial charge < -0.3 is 4.90 Å². The molecule has 0 saturated carbocycles. The summed E-state index contributed by atoms with van der Waals surface area (Å²) >= 11 is 7.00. The van der Waals surface area contributed by atoms with Gasteiger partial charge >= 0.3 is 0 Å². The third kappa shape index (κ3) is 3.26. The van der Waals surface area contributed by atoms with Crippen LogP contribution in [0.4, 0.5) is 5.69 Å². The number of halogens is 1. The number of thiophene rings is 1. The van der Waals surface area contributed by atoms with Crippen molar-refractivity contribution < 1.29 is 8.42 Å². The summed E-state index contributed by atoms with van der Waals surface area (Å²) in [4.78, 5) is 2.29. The summed E-state index contributed by atoms with van der Waals surface area (Å²) in [6, 6.07) is 13.6. The summed E-state index contributed by atoms with van der Waals surface area (Å²) in [7, 11) is -3.47. The van der Waals surface area contributed by atoms with E-state index in [0.29, 0.717) is 21.6 Å². The Morgan fingerprint density at radius 3 is 2.17 bits per heavy atom. The maximum Gasteiger partial charge on any atom is 0.252 e. The summed E-state index contributed by atoms with van der Waals surface area (Å²) in [5, 5.41) is 0. The van der Waals surface area contributed by atoms with Crippen molar-refractivity contribution in [1.82, 2.24) is 4.31 Å². The molecule has 2 unspecified atom stereocenters. The number of benzene rings is 1. The highest BCUT2D eigenvalue weighted by atomic mass is 35.5. The zero-order valence-electron chi connectivity index (χ0n) is 13.0. The average molecular weight is 371 g/mol. The maximum absolute atomic E-state index is 12.8. The lowest BCUT2D eigenvalue weighted by atomic mass is 10.1. The molecule has 0 radical (unpaired) electrons. The van der Waals surface area contributed by atoms with Gasteiger partial charge in [-0.25, -0.2) is 8.42 Å². The van der Waals surface area contributed by atoms with E-state index in [1.165, 1.54) is 0 Å². The minimum Gasteiger partial charge on any atom is -0.363 e. The predicted molar refractivity (Wildman–Crippen MR) is 95.9 cm³/mol. The lowest BCUT2D eigenvalue weighted by Gasteiger charge is -2.45. The van der Waals surface area contributed by atoms with Crippen molar-refractivity contribution in [1.29, 1.82) is 0 Å². The van der Waals surface area contributed by atoms with Crippen LogP contribution in [-0.2, 0) is 10.0 Å². The van der Waals surface area contributed by atoms with E-state index in [1.54, 1.807) is 16.4 Å². The molecule has 2 aromatic rings. The van der Waals surface area contributed by atoms with Gasteiger partial charge in [-0.2, -0.15) is 4.31 Å². The fourth-order valence-electron chi connectivity index (χ4n) is 3.14. The molecule has 1 aliphatic heterocycles. The van der Waals surface area contributed by atoms with Crippen LogP contribution in [0.1, 0.15) is 13.8 Å². The number of anilines is 1. The number of hydrogen-bond acceptors (Lipinski definition) is 4. The molecule has 3 rings (SSSR count). The van der Waals surface area contributed by atoms with Crippen molar-refractivity contribution in [3.05, 3.63) is 46.8 Å². The van der Waals surface area contributed by atoms with Crippen LogP contribution in [-0.4, -0.2) is 37.9 Å². The van der Waals surface area contributed by atoms with Gasteiger partial charge in [0.2, 0.25) is 0 Å². The Bertz CT molecular complexity index is 764. The van der Waals surface area contributed by atoms with Gasteiger partial charge in [0.15, 0.2) is 0 Å². The average Bonchev–Trinajstić information content (AvgIpc) is 2.95. The van der Waals surface area contributed by atoms with Crippen molar-refractivity contribution >= 4 is 38.6 Å². The molecule has 23 heavy (non-hydrogen) atoms. The molecule has 4 nitrogen and oxygen atoms in total. The molecule has 1 fully saturated rings. The minimum atomic E-state index is -3.47. The Kier molecular flexibility index (Phi) is 4.69. The van der Waals surface area contributed by atoms with E-state index in [-0.39, 0.29) is 12.1 Å². The summed E-state index contributed by atoms with van der Waals surface area (Å²) in [5.41, 5.74) is 1.13. The van der Waals surface area contributed by atoms with E-state index in [2.05, 4.69) is 30.9 Å². The number of nitrogens with zero attached hydrogens (tertiary/aromatic N) is 2. The second-order valence-corrected chi connectivity index (χ2v) is 9.70. The molecular formula is C16H19ClN2O2S2. The molecule has 124 valence electrons. The second kappa shape index (κ2) is 6.43. The SMILES string of the molecule is CC1CN(S(=O)(=O)c2ccc(Cl)s2)CC(C)N1c1ccccc1. The molecular weight excluding hydrogens is 352 g/mol. The summed E-state index contributed by atoms with van der Waals surface area (Å²) in [6.45, 7) is 5.06. The Morgan fingerprint density at radius 1 is 1.04 bits per heavy atom. The molecule has 0 N–H and O–H groups in total. The molecule has 7 heteroatoms. The zero-order chi connectivity index (χ0) is 16.6. The summed E-state index contributed by atoms with van der Waals surface area (Å²) < 4.78 is 28.0. The van der Waals surface area contributed by atoms with Crippen LogP contribution >= 0.6 is 22.9 Å². The van der Waals surface area contributed by atoms with Crippen LogP contribution in [0.3, 0.4) is 0 Å². The molecule has 2 heterocycles. The van der Waals surface area contributed by atoms with E-state index in [0.717, 1.165) is 17.0 Å². The molecule has 1 saturated heterocycles. The zero-order valence-corrected chi connectivity index (χ0v) is 15.4. The van der Waals surface area contributed by atoms with E-state index >= 15 is 0 Å². The molecule has 1 aromatic carbocycles. The normalized spacial score (nSPS) is 23.2. The first-order chi connectivity index (χ1) is 10.9. The molecule has 1 aromatic heterocycles. The van der Waals surface area contributed by atoms with Crippen molar-refractivity contribution in [2.75, 3.05) is 18.0 Å². The van der Waals surface area contributed by atoms with Gasteiger partial charge in [0.05, 0.1) is 4.34 Å². The van der Waals surface area contributed by atoms with Crippen LogP contribution in [0.5, 0.6) is 0 Å². The van der Waals surface area contributed by atoms with Crippen LogP contribution < -0.4 is 4.90 Å². The summed E-state index contributed by atoms with van der Waals surface area (Å²) in [5.74, 6) is 0. The Hall–Kier alpha value is -1.08. The largest absolute Gasteiger partial charge is 0.363 e. The quantitative estimate of drug-likeness (QED) is 0.827. The molecule has 0 aliphatic carbocycles. The highest BCUT2D eigenvalue weighted by Gasteiger charge is 2.36. The Balaban J connectivity index is 1.84. The standard InChI is InChI=1S/C16H19ClN2O2S2/c1-12-10-18(23(20,21)16-9-8-15(17)22-16)11-13(2)19(12)14-6-4-3-5-7-14/h3-9,12-13H,10-11H2,1-2H3. The molecule has 2 atom stereocenters. The fourth-order valence-corrected chi connectivity index (χ4v) is 6.38. The van der Waals surface area contributed by atoms with E-state index in [9.17, 15) is 8.42 Å². The first kappa shape index (κ1) is 16.8. The topological polar surface area (TPSA) is 40.6 Å². The van der Waals surface area contributed by atoms with Crippen LogP contribution in [0.2, 0.25) is 4.34 Å². The second-order valence-electron chi connectivity index (χ2n) is 5.82. The van der Waals surface area contributed by atoms with Crippen LogP contribution in [0.15, 0.2) is 46.7 Å². The van der Waals surface area contributed by atoms with Crippen LogP contribution in [0, 0.1) is 0 Å². The third-order valence-corrected chi connectivity index (χ3v) is 7.61. The highest BCUT2D eigenvalue weighted by Crippen LogP contribution is 2.31. The number of rotatable bonds is 3. The van der Waals surface area contributed by atoms with E-state index in [4.69, 9.17) is 11.6 Å². The Morgan fingerprint density at radius 2 is 1.65 bits per heavy atom. The third-order valence-electron chi connectivity index (χ3n) is 4.08. The number of para-hydroxylation sites is 1. The van der Waals surface area contributed by atoms with Crippen molar-refractivity contribution in [3.63, 3.8) is 0 Å². The number of piperazine rings is 1. The van der Waals surface area contributed by atoms with E-state index in [1.807, 2.05) is 18.2 Å². The van der Waals surface area contributed by atoms with Gasteiger partial charge in [-0.05, 0) is 38.1 Å². The Labute approximate surface area is 146 Å². The minimum absolute atomic E-state index is 0.103. The monoisotopic (exact) mass is 370 g/mol. The molecule has 0 bridgehead atoms. The first-order valence-corrected chi connectivity index (χ1v) is 10.1. The smallest absolute Gasteiger partial charge is 0.252 e. The van der Waals surface area contributed by atoms with Gasteiger partial charge in [-0.1, -0.05) is 29.8 Å². The van der Waals surface area contributed by atoms with E-state index < -0.39 is 10.0 Å². The van der Waals surface area contributed by atoms with Gasteiger partial charge in [0.25, 0.3) is 10.0 Å². The molecule has 0 amide bonds. The molecule has 1 aliphatic rings. The van der Waals surface area contributed by atoms with Crippen molar-refractivity contribution in [3.8, 4) is 0 Å². The predicted octanol–water partition coefficient (Wildman–Crippen LogP) is 3.69. The van der Waals surface area contributed by atoms with Gasteiger partial charge in [0, 0.05) is 30.9 Å². The van der Waals surface area contributed by atoms with Gasteiger partial charge in [-0.15, -0.1) is 11.3 Å². The molecule has 0 spiro atoms. The van der Waals surface area contributed by atoms with Crippen molar-refractivity contribution in [2.45, 2.75) is 30.1 Å². The van der Waals surface area contributed by atoms with Crippen LogP contribution in [0.25, 0.3) is 0 Å². The maximum atomic E-state index is 12.8. The van der Waals surface area contributed by atoms with Gasteiger partial charge in [0.1, 0.15) is 4.21 Å². The lowest BCUT2D eigenvalue weighted by Crippen LogP contribution is -2.58. The number of hydrogen-bond donors (Lipinski definition) is 0. The fraction of sp³-hybridized carbons (Fsp3) is 0.375. The lowest BCUT2D eigenvalue weighted by molar-refractivity contribution is 0.302. The first-order valence-electron chi connectivity index (χ1n) is 7.48. The summed E-state index contributed by atoms with van der Waals surface area (Å²) in [6.07, 6.45) is 0. The highest BCUT2D eigenvalue weighted by molar-refractivity contribution is 7.91. The van der Waals surface area contributed by atoms with Gasteiger partial charge in [-0.3, -0.25) is 0 Å². The number of sulfonamides is 1. The van der Waals surface area contributed by atoms with Crippen molar-refractivity contribution in [2.24, 2.45) is 0 Å².